The van der Waals surface area contributed by atoms with Crippen LogP contribution in [0, 0.1) is 0 Å². The molecule has 0 radical (unpaired) electrons. The second-order valence-electron chi connectivity index (χ2n) is 5.27. The van der Waals surface area contributed by atoms with Crippen LogP contribution >= 0.6 is 12.2 Å². The molecule has 3 heteroatoms. The predicted octanol–water partition coefficient (Wildman–Crippen LogP) is 3.15. The Kier molecular flexibility index (Phi) is 5.20. The summed E-state index contributed by atoms with van der Waals surface area (Å²) in [5, 5.41) is 6.97. The molecule has 0 aromatic heterocycles. The molecule has 2 nitrogen and oxygen atoms in total. The van der Waals surface area contributed by atoms with E-state index in [0.29, 0.717) is 5.92 Å². The number of aryl methyl sites for hydroxylation is 2. The number of rotatable bonds is 4. The van der Waals surface area contributed by atoms with Gasteiger partial charge in [-0.1, -0.05) is 25.1 Å². The Balaban J connectivity index is 2.02. The first-order valence-electron chi connectivity index (χ1n) is 7.32. The van der Waals surface area contributed by atoms with Gasteiger partial charge in [0.1, 0.15) is 0 Å². The Morgan fingerprint density at radius 3 is 3.00 bits per heavy atom. The van der Waals surface area contributed by atoms with Crippen LogP contribution in [0.4, 0.5) is 0 Å². The standard InChI is InChI=1S/C16H24N2S/c1-3-12-7-8-13-5-4-6-14(15(13)11-12)9-10-18-16(19)17-2/h7-8,11,14H,3-6,9-10H2,1-2H3,(H2,17,18,19). The largest absolute Gasteiger partial charge is 0.366 e. The molecule has 0 amide bonds. The third-order valence-corrected chi connectivity index (χ3v) is 4.41. The minimum atomic E-state index is 0.697. The molecule has 2 rings (SSSR count). The Morgan fingerprint density at radius 2 is 2.26 bits per heavy atom. The SMILES string of the molecule is CCc1ccc2c(c1)C(CCNC(=S)NC)CCC2. The van der Waals surface area contributed by atoms with Crippen molar-refractivity contribution >= 4 is 17.3 Å². The van der Waals surface area contributed by atoms with Gasteiger partial charge in [0.25, 0.3) is 0 Å². The van der Waals surface area contributed by atoms with Crippen LogP contribution in [-0.4, -0.2) is 18.7 Å². The van der Waals surface area contributed by atoms with E-state index in [1.54, 1.807) is 11.1 Å². The second kappa shape index (κ2) is 6.90. The lowest BCUT2D eigenvalue weighted by atomic mass is 9.80. The van der Waals surface area contributed by atoms with Gasteiger partial charge in [-0.05, 0) is 66.9 Å². The molecule has 0 bridgehead atoms. The van der Waals surface area contributed by atoms with Crippen molar-refractivity contribution in [3.63, 3.8) is 0 Å². The molecule has 19 heavy (non-hydrogen) atoms. The summed E-state index contributed by atoms with van der Waals surface area (Å²) >= 11 is 5.12. The van der Waals surface area contributed by atoms with E-state index in [2.05, 4.69) is 35.8 Å². The first-order chi connectivity index (χ1) is 9.24. The van der Waals surface area contributed by atoms with Crippen molar-refractivity contribution in [1.29, 1.82) is 0 Å². The molecular weight excluding hydrogens is 252 g/mol. The minimum Gasteiger partial charge on any atom is -0.366 e. The number of fused-ring (bicyclic) bond motifs is 1. The molecule has 0 fully saturated rings. The molecule has 0 spiro atoms. The van der Waals surface area contributed by atoms with Gasteiger partial charge in [-0.25, -0.2) is 0 Å². The number of benzene rings is 1. The van der Waals surface area contributed by atoms with Crippen LogP contribution < -0.4 is 10.6 Å². The lowest BCUT2D eigenvalue weighted by molar-refractivity contribution is 0.516. The van der Waals surface area contributed by atoms with Gasteiger partial charge in [-0.2, -0.15) is 0 Å². The molecule has 1 aromatic rings. The fraction of sp³-hybridized carbons (Fsp3) is 0.562. The summed E-state index contributed by atoms with van der Waals surface area (Å²) in [5.41, 5.74) is 4.61. The predicted molar refractivity (Wildman–Crippen MR) is 85.8 cm³/mol. The summed E-state index contributed by atoms with van der Waals surface area (Å²) in [5.74, 6) is 0.697. The third kappa shape index (κ3) is 3.69. The van der Waals surface area contributed by atoms with Crippen molar-refractivity contribution < 1.29 is 0 Å². The summed E-state index contributed by atoms with van der Waals surface area (Å²) in [6.07, 6.45) is 6.18. The van der Waals surface area contributed by atoms with E-state index in [9.17, 15) is 0 Å². The second-order valence-corrected chi connectivity index (χ2v) is 5.68. The van der Waals surface area contributed by atoms with E-state index in [4.69, 9.17) is 12.2 Å². The van der Waals surface area contributed by atoms with E-state index >= 15 is 0 Å². The van der Waals surface area contributed by atoms with Gasteiger partial charge in [0.15, 0.2) is 5.11 Å². The Morgan fingerprint density at radius 1 is 1.42 bits per heavy atom. The van der Waals surface area contributed by atoms with Gasteiger partial charge in [0, 0.05) is 13.6 Å². The van der Waals surface area contributed by atoms with Crippen LogP contribution in [0.1, 0.15) is 48.8 Å². The number of nitrogens with one attached hydrogen (secondary N) is 2. The molecule has 1 atom stereocenters. The van der Waals surface area contributed by atoms with Crippen LogP contribution in [0.2, 0.25) is 0 Å². The van der Waals surface area contributed by atoms with E-state index in [0.717, 1.165) is 18.1 Å². The Hall–Kier alpha value is -1.09. The molecule has 104 valence electrons. The zero-order valence-electron chi connectivity index (χ0n) is 12.0. The molecule has 1 aliphatic rings. The molecule has 1 aromatic carbocycles. The summed E-state index contributed by atoms with van der Waals surface area (Å²) in [6, 6.07) is 7.05. The molecule has 1 aliphatic carbocycles. The topological polar surface area (TPSA) is 24.1 Å². The minimum absolute atomic E-state index is 0.697. The van der Waals surface area contributed by atoms with Crippen molar-refractivity contribution in [2.45, 2.75) is 44.9 Å². The monoisotopic (exact) mass is 276 g/mol. The van der Waals surface area contributed by atoms with Crippen LogP contribution in [0.5, 0.6) is 0 Å². The highest BCUT2D eigenvalue weighted by Gasteiger charge is 2.20. The molecule has 0 heterocycles. The Bertz CT molecular complexity index is 442. The van der Waals surface area contributed by atoms with Gasteiger partial charge < -0.3 is 10.6 Å². The maximum Gasteiger partial charge on any atom is 0.166 e. The lowest BCUT2D eigenvalue weighted by Gasteiger charge is -2.26. The van der Waals surface area contributed by atoms with E-state index < -0.39 is 0 Å². The summed E-state index contributed by atoms with van der Waals surface area (Å²) in [7, 11) is 1.86. The molecule has 0 aliphatic heterocycles. The highest BCUT2D eigenvalue weighted by atomic mass is 32.1. The van der Waals surface area contributed by atoms with Crippen molar-refractivity contribution in [3.8, 4) is 0 Å². The fourth-order valence-electron chi connectivity index (χ4n) is 2.91. The summed E-state index contributed by atoms with van der Waals surface area (Å²) in [6.45, 7) is 3.19. The lowest BCUT2D eigenvalue weighted by Crippen LogP contribution is -2.33. The van der Waals surface area contributed by atoms with Crippen LogP contribution in [0.15, 0.2) is 18.2 Å². The highest BCUT2D eigenvalue weighted by molar-refractivity contribution is 7.80. The van der Waals surface area contributed by atoms with Crippen LogP contribution in [0.25, 0.3) is 0 Å². The summed E-state index contributed by atoms with van der Waals surface area (Å²) in [4.78, 5) is 0. The third-order valence-electron chi connectivity index (χ3n) is 4.06. The van der Waals surface area contributed by atoms with E-state index in [1.165, 1.54) is 31.2 Å². The van der Waals surface area contributed by atoms with Gasteiger partial charge >= 0.3 is 0 Å². The van der Waals surface area contributed by atoms with Crippen molar-refractivity contribution in [2.75, 3.05) is 13.6 Å². The smallest absolute Gasteiger partial charge is 0.166 e. The van der Waals surface area contributed by atoms with Gasteiger partial charge in [-0.15, -0.1) is 0 Å². The molecular formula is C16H24N2S. The highest BCUT2D eigenvalue weighted by Crippen LogP contribution is 2.34. The van der Waals surface area contributed by atoms with Crippen LogP contribution in [0.3, 0.4) is 0 Å². The zero-order valence-corrected chi connectivity index (χ0v) is 12.8. The average molecular weight is 276 g/mol. The quantitative estimate of drug-likeness (QED) is 0.826. The first kappa shape index (κ1) is 14.3. The van der Waals surface area contributed by atoms with Crippen molar-refractivity contribution in [2.24, 2.45) is 0 Å². The van der Waals surface area contributed by atoms with Gasteiger partial charge in [-0.3, -0.25) is 0 Å². The maximum absolute atomic E-state index is 5.12. The van der Waals surface area contributed by atoms with E-state index in [1.807, 2.05) is 7.05 Å². The zero-order chi connectivity index (χ0) is 13.7. The molecule has 2 N–H and O–H groups in total. The average Bonchev–Trinajstić information content (AvgIpc) is 2.46. The number of thiocarbonyl (C=S) groups is 1. The number of hydrogen-bond acceptors (Lipinski definition) is 1. The maximum atomic E-state index is 5.12. The number of hydrogen-bond donors (Lipinski definition) is 2. The van der Waals surface area contributed by atoms with Crippen LogP contribution in [-0.2, 0) is 12.8 Å². The summed E-state index contributed by atoms with van der Waals surface area (Å²) < 4.78 is 0. The van der Waals surface area contributed by atoms with Gasteiger partial charge in [0.05, 0.1) is 0 Å². The Labute approximate surface area is 122 Å². The molecule has 0 saturated heterocycles. The van der Waals surface area contributed by atoms with E-state index in [-0.39, 0.29) is 0 Å². The first-order valence-corrected chi connectivity index (χ1v) is 7.72. The molecule has 1 unspecified atom stereocenters. The van der Waals surface area contributed by atoms with Crippen molar-refractivity contribution in [3.05, 3.63) is 34.9 Å². The van der Waals surface area contributed by atoms with Crippen molar-refractivity contribution in [1.82, 2.24) is 10.6 Å². The fourth-order valence-corrected chi connectivity index (χ4v) is 3.02. The van der Waals surface area contributed by atoms with Gasteiger partial charge in [0.2, 0.25) is 0 Å². The molecule has 0 saturated carbocycles. The normalized spacial score (nSPS) is 17.7.